The molecule has 0 aromatic heterocycles. The van der Waals surface area contributed by atoms with E-state index in [9.17, 15) is 0 Å². The summed E-state index contributed by atoms with van der Waals surface area (Å²) < 4.78 is 0. The molecule has 0 rings (SSSR count). The average Bonchev–Trinajstić information content (AvgIpc) is 0. The molecule has 7 heavy (non-hydrogen) atoms. The van der Waals surface area contributed by atoms with Gasteiger partial charge in [-0.3, -0.25) is 0 Å². The van der Waals surface area contributed by atoms with Crippen molar-refractivity contribution in [2.75, 3.05) is 0 Å². The molecule has 6 N–H and O–H groups in total. The van der Waals surface area contributed by atoms with E-state index in [1.807, 2.05) is 0 Å². The van der Waals surface area contributed by atoms with Gasteiger partial charge in [-0.05, 0) is 0 Å². The van der Waals surface area contributed by atoms with Crippen molar-refractivity contribution in [1.82, 2.24) is 0 Å². The molecule has 0 aliphatic carbocycles. The summed E-state index contributed by atoms with van der Waals surface area (Å²) in [4.78, 5) is 0. The molecular formula is H13Ca3NaO3. The largest absolute Gasteiger partial charge is 2.00 e. The molecule has 38 valence electrons. The number of hydrogen-bond donors (Lipinski definition) is 0. The molecule has 0 aromatic carbocycles. The molecule has 0 spiro atoms. The molecule has 0 saturated heterocycles. The molecule has 0 amide bonds. The zero-order valence-corrected chi connectivity index (χ0v) is 13.2. The Hall–Kier alpha value is 4.66. The van der Waals surface area contributed by atoms with Crippen molar-refractivity contribution in [3.63, 3.8) is 0 Å². The smallest absolute Gasteiger partial charge is 1.00 e. The second-order valence-corrected chi connectivity index (χ2v) is 0. The third kappa shape index (κ3) is 36.8. The minimum Gasteiger partial charge on any atom is -1.00 e. The van der Waals surface area contributed by atoms with Gasteiger partial charge in [0.2, 0.25) is 0 Å². The van der Waals surface area contributed by atoms with E-state index in [0.29, 0.717) is 0 Å². The summed E-state index contributed by atoms with van der Waals surface area (Å²) in [5, 5.41) is 0. The third-order valence-corrected chi connectivity index (χ3v) is 0. The van der Waals surface area contributed by atoms with E-state index in [-0.39, 0.29) is 169 Å². The number of hydrogen-bond acceptors (Lipinski definition) is 0. The van der Waals surface area contributed by atoms with Gasteiger partial charge in [-0.1, -0.05) is 0 Å². The predicted molar refractivity (Wildman–Crippen MR) is 35.9 cm³/mol. The Labute approximate surface area is 165 Å². The van der Waals surface area contributed by atoms with Crippen molar-refractivity contribution < 1.29 is 56.0 Å². The quantitative estimate of drug-likeness (QED) is 0.351. The van der Waals surface area contributed by atoms with E-state index < -0.39 is 0 Å². The maximum Gasteiger partial charge on any atom is 2.00 e. The molecule has 3 nitrogen and oxygen atoms in total. The maximum atomic E-state index is 0. The zero-order chi connectivity index (χ0) is 0. The van der Waals surface area contributed by atoms with E-state index >= 15 is 0 Å². The fourth-order valence-electron chi connectivity index (χ4n) is 0. The van der Waals surface area contributed by atoms with E-state index in [1.54, 1.807) is 0 Å². The first-order valence-corrected chi connectivity index (χ1v) is 0. The molecule has 0 fully saturated rings. The average molecular weight is 204 g/mol. The summed E-state index contributed by atoms with van der Waals surface area (Å²) in [7, 11) is 0. The molecule has 7 heteroatoms. The Morgan fingerprint density at radius 1 is 0.571 bits per heavy atom. The van der Waals surface area contributed by atoms with Crippen LogP contribution in [0, 0.1) is 0 Å². The van der Waals surface area contributed by atoms with Crippen molar-refractivity contribution in [3.05, 3.63) is 0 Å². The summed E-state index contributed by atoms with van der Waals surface area (Å²) in [6.07, 6.45) is 0. The van der Waals surface area contributed by atoms with Crippen LogP contribution in [0.5, 0.6) is 0 Å². The van der Waals surface area contributed by atoms with Gasteiger partial charge >= 0.3 is 143 Å². The van der Waals surface area contributed by atoms with Gasteiger partial charge in [0.25, 0.3) is 0 Å². The fourth-order valence-corrected chi connectivity index (χ4v) is 0. The van der Waals surface area contributed by atoms with Crippen LogP contribution >= 0.6 is 0 Å². The van der Waals surface area contributed by atoms with Crippen LogP contribution in [0.3, 0.4) is 0 Å². The molecule has 0 aromatic rings. The minimum absolute atomic E-state index is 0. The standard InChI is InChI=1S/3Ca.Na.3H2O.7H/h;;;;3*1H2;;;;;;;/q3*+2;+1;;;;7*-1. The molecular weight excluding hydrogens is 191 g/mol. The third-order valence-electron chi connectivity index (χ3n) is 0. The topological polar surface area (TPSA) is 94.5 Å². The van der Waals surface area contributed by atoms with Crippen molar-refractivity contribution in [1.29, 1.82) is 0 Å². The summed E-state index contributed by atoms with van der Waals surface area (Å²) in [6.45, 7) is 0. The van der Waals surface area contributed by atoms with Crippen molar-refractivity contribution in [2.24, 2.45) is 0 Å². The van der Waals surface area contributed by atoms with Crippen LogP contribution in [-0.2, 0) is 0 Å². The second-order valence-electron chi connectivity index (χ2n) is 0. The van der Waals surface area contributed by atoms with E-state index in [4.69, 9.17) is 0 Å². The van der Waals surface area contributed by atoms with E-state index in [1.165, 1.54) is 0 Å². The van der Waals surface area contributed by atoms with E-state index in [2.05, 4.69) is 0 Å². The van der Waals surface area contributed by atoms with E-state index in [0.717, 1.165) is 0 Å². The maximum absolute atomic E-state index is 0. The molecule has 0 bridgehead atoms. The first-order chi connectivity index (χ1) is 0. The van der Waals surface area contributed by atoms with Crippen LogP contribution in [0.25, 0.3) is 0 Å². The van der Waals surface area contributed by atoms with Gasteiger partial charge in [0.15, 0.2) is 0 Å². The monoisotopic (exact) mass is 204 g/mol. The number of rotatable bonds is 0. The Balaban J connectivity index is 0. The first kappa shape index (κ1) is 61.0. The summed E-state index contributed by atoms with van der Waals surface area (Å²) >= 11 is 0. The summed E-state index contributed by atoms with van der Waals surface area (Å²) in [5.41, 5.74) is 0. The molecule has 0 unspecified atom stereocenters. The predicted octanol–water partition coefficient (Wildman–Crippen LogP) is -5.82. The molecule has 0 heterocycles. The van der Waals surface area contributed by atoms with Crippen molar-refractivity contribution in [2.45, 2.75) is 0 Å². The zero-order valence-electron chi connectivity index (χ0n) is 11.6. The van der Waals surface area contributed by atoms with Gasteiger partial charge in [-0.2, -0.15) is 0 Å². The Kier molecular flexibility index (Phi) is 399. The molecule has 0 aliphatic rings. The minimum atomic E-state index is 0. The normalized spacial score (nSPS) is 0. The Morgan fingerprint density at radius 3 is 0.571 bits per heavy atom. The van der Waals surface area contributed by atoms with Gasteiger partial charge in [0, 0.05) is 0 Å². The van der Waals surface area contributed by atoms with Crippen LogP contribution < -0.4 is 29.6 Å². The Bertz CT molecular complexity index is 24.1. The van der Waals surface area contributed by atoms with Crippen molar-refractivity contribution >= 4 is 113 Å². The first-order valence-electron chi connectivity index (χ1n) is 0. The molecule has 0 aliphatic heterocycles. The molecule has 0 radical (unpaired) electrons. The van der Waals surface area contributed by atoms with Crippen molar-refractivity contribution in [3.8, 4) is 0 Å². The van der Waals surface area contributed by atoms with Crippen LogP contribution in [0.1, 0.15) is 9.99 Å². The van der Waals surface area contributed by atoms with Gasteiger partial charge in [0.05, 0.1) is 0 Å². The second kappa shape index (κ2) is 45.8. The fraction of sp³-hybridized carbons (Fsp3) is 0. The van der Waals surface area contributed by atoms with Crippen LogP contribution in [0.2, 0.25) is 0 Å². The van der Waals surface area contributed by atoms with Crippen LogP contribution in [0.15, 0.2) is 0 Å². The van der Waals surface area contributed by atoms with Gasteiger partial charge in [-0.15, -0.1) is 0 Å². The van der Waals surface area contributed by atoms with Crippen LogP contribution in [0.4, 0.5) is 0 Å². The summed E-state index contributed by atoms with van der Waals surface area (Å²) in [5.74, 6) is 0. The van der Waals surface area contributed by atoms with Crippen LogP contribution in [-0.4, -0.2) is 130 Å². The molecule has 0 atom stereocenters. The van der Waals surface area contributed by atoms with Gasteiger partial charge in [-0.25, -0.2) is 0 Å². The van der Waals surface area contributed by atoms with Gasteiger partial charge < -0.3 is 26.4 Å². The SMILES string of the molecule is O.O.O.[Ca+2].[Ca+2].[Ca+2].[H-].[H-].[H-].[H-].[H-].[H-].[H-].[Na+]. The summed E-state index contributed by atoms with van der Waals surface area (Å²) in [6, 6.07) is 0. The van der Waals surface area contributed by atoms with Gasteiger partial charge in [0.1, 0.15) is 0 Å². The Morgan fingerprint density at radius 2 is 0.571 bits per heavy atom. The molecule has 0 saturated carbocycles.